The number of hydrogen-bond donors (Lipinski definition) is 3. The number of halogens is 1. The van der Waals surface area contributed by atoms with Gasteiger partial charge in [0.05, 0.1) is 24.2 Å². The first-order valence-corrected chi connectivity index (χ1v) is 10.3. The molecule has 10 nitrogen and oxygen atoms in total. The quantitative estimate of drug-likeness (QED) is 0.574. The fraction of sp³-hybridized carbons (Fsp3) is 0.526. The third-order valence-corrected chi connectivity index (χ3v) is 4.77. The van der Waals surface area contributed by atoms with Crippen molar-refractivity contribution < 1.29 is 23.9 Å². The molecule has 0 radical (unpaired) electrons. The number of amides is 3. The minimum absolute atomic E-state index is 0.0794. The van der Waals surface area contributed by atoms with Crippen LogP contribution in [0.4, 0.5) is 15.4 Å². The Morgan fingerprint density at radius 2 is 1.94 bits per heavy atom. The molecule has 1 aromatic rings. The summed E-state index contributed by atoms with van der Waals surface area (Å²) in [5, 5.41) is 8.72. The van der Waals surface area contributed by atoms with Crippen molar-refractivity contribution in [1.82, 2.24) is 20.5 Å². The highest BCUT2D eigenvalue weighted by Gasteiger charge is 2.35. The van der Waals surface area contributed by atoms with Gasteiger partial charge in [-0.3, -0.25) is 4.79 Å². The number of anilines is 1. The number of rotatable bonds is 3. The van der Waals surface area contributed by atoms with Gasteiger partial charge in [0.2, 0.25) is 0 Å². The number of thiocarbonyl (C=S) groups is 1. The molecule has 2 heterocycles. The Balaban J connectivity index is 2.04. The Kier molecular flexibility index (Phi) is 8.40. The maximum atomic E-state index is 12.4. The van der Waals surface area contributed by atoms with E-state index in [1.54, 1.807) is 32.9 Å². The van der Waals surface area contributed by atoms with Crippen LogP contribution >= 0.6 is 23.8 Å². The molecule has 2 unspecified atom stereocenters. The van der Waals surface area contributed by atoms with E-state index in [1.807, 2.05) is 0 Å². The molecule has 170 valence electrons. The number of ether oxygens (including phenoxy) is 2. The molecule has 2 atom stereocenters. The monoisotopic (exact) mass is 471 g/mol. The molecule has 2 rings (SSSR count). The number of carbonyl (C=O) groups is 3. The van der Waals surface area contributed by atoms with Gasteiger partial charge in [0.25, 0.3) is 5.91 Å². The first-order chi connectivity index (χ1) is 14.5. The SMILES string of the molecule is COC(=O)N1CCC(NC(=S)C(=O)Nc2ccc(Cl)cn2)C(NC(=O)OC(C)(C)C)C1. The molecule has 0 aliphatic carbocycles. The lowest BCUT2D eigenvalue weighted by Crippen LogP contribution is -2.62. The summed E-state index contributed by atoms with van der Waals surface area (Å²) < 4.78 is 10.1. The van der Waals surface area contributed by atoms with Gasteiger partial charge in [0, 0.05) is 19.3 Å². The van der Waals surface area contributed by atoms with Gasteiger partial charge in [0.1, 0.15) is 11.4 Å². The summed E-state index contributed by atoms with van der Waals surface area (Å²) in [7, 11) is 1.28. The predicted molar refractivity (Wildman–Crippen MR) is 119 cm³/mol. The van der Waals surface area contributed by atoms with E-state index in [0.717, 1.165) is 0 Å². The van der Waals surface area contributed by atoms with Gasteiger partial charge in [-0.25, -0.2) is 14.6 Å². The number of alkyl carbamates (subject to hydrolysis) is 1. The summed E-state index contributed by atoms with van der Waals surface area (Å²) in [5.41, 5.74) is -0.690. The molecule has 0 saturated carbocycles. The lowest BCUT2D eigenvalue weighted by Gasteiger charge is -2.38. The van der Waals surface area contributed by atoms with Crippen LogP contribution in [-0.2, 0) is 14.3 Å². The van der Waals surface area contributed by atoms with Crippen molar-refractivity contribution in [1.29, 1.82) is 0 Å². The smallest absolute Gasteiger partial charge is 0.409 e. The highest BCUT2D eigenvalue weighted by atomic mass is 35.5. The van der Waals surface area contributed by atoms with Crippen molar-refractivity contribution in [2.45, 2.75) is 44.9 Å². The van der Waals surface area contributed by atoms with E-state index in [9.17, 15) is 14.4 Å². The summed E-state index contributed by atoms with van der Waals surface area (Å²) in [6.45, 7) is 5.75. The molecule has 3 amide bonds. The van der Waals surface area contributed by atoms with Crippen molar-refractivity contribution in [2.75, 3.05) is 25.5 Å². The average Bonchev–Trinajstić information content (AvgIpc) is 2.68. The fourth-order valence-electron chi connectivity index (χ4n) is 2.88. The predicted octanol–water partition coefficient (Wildman–Crippen LogP) is 2.32. The summed E-state index contributed by atoms with van der Waals surface area (Å²) >= 11 is 11.0. The van der Waals surface area contributed by atoms with Crippen LogP contribution in [0.1, 0.15) is 27.2 Å². The molecule has 0 bridgehead atoms. The minimum Gasteiger partial charge on any atom is -0.453 e. The van der Waals surface area contributed by atoms with Gasteiger partial charge in [-0.05, 0) is 39.3 Å². The van der Waals surface area contributed by atoms with Crippen LogP contribution in [0, 0.1) is 0 Å². The van der Waals surface area contributed by atoms with Crippen LogP contribution in [-0.4, -0.2) is 70.9 Å². The second-order valence-corrected chi connectivity index (χ2v) is 8.70. The van der Waals surface area contributed by atoms with Crippen LogP contribution in [0.25, 0.3) is 0 Å². The first kappa shape index (κ1) is 24.6. The number of methoxy groups -OCH3 is 1. The van der Waals surface area contributed by atoms with Gasteiger partial charge >= 0.3 is 12.2 Å². The third-order valence-electron chi connectivity index (χ3n) is 4.24. The van der Waals surface area contributed by atoms with Gasteiger partial charge in [0.15, 0.2) is 4.99 Å². The molecule has 1 fully saturated rings. The molecule has 3 N–H and O–H groups in total. The van der Waals surface area contributed by atoms with Gasteiger partial charge < -0.3 is 30.3 Å². The highest BCUT2D eigenvalue weighted by molar-refractivity contribution is 7.82. The number of likely N-dealkylation sites (tertiary alicyclic amines) is 1. The van der Waals surface area contributed by atoms with Gasteiger partial charge in [-0.1, -0.05) is 23.8 Å². The highest BCUT2D eigenvalue weighted by Crippen LogP contribution is 2.15. The average molecular weight is 472 g/mol. The topological polar surface area (TPSA) is 122 Å². The lowest BCUT2D eigenvalue weighted by atomic mass is 9.99. The Labute approximate surface area is 191 Å². The lowest BCUT2D eigenvalue weighted by molar-refractivity contribution is -0.110. The number of piperidine rings is 1. The number of nitrogens with one attached hydrogen (secondary N) is 3. The number of carbonyl (C=O) groups excluding carboxylic acids is 3. The second-order valence-electron chi connectivity index (χ2n) is 7.85. The van der Waals surface area contributed by atoms with Crippen molar-refractivity contribution in [3.63, 3.8) is 0 Å². The molecule has 1 aromatic heterocycles. The molecule has 31 heavy (non-hydrogen) atoms. The van der Waals surface area contributed by atoms with E-state index in [4.69, 9.17) is 33.3 Å². The molecule has 0 aromatic carbocycles. The molecule has 1 aliphatic heterocycles. The first-order valence-electron chi connectivity index (χ1n) is 9.54. The number of nitrogens with zero attached hydrogens (tertiary/aromatic N) is 2. The van der Waals surface area contributed by atoms with E-state index in [2.05, 4.69) is 20.9 Å². The van der Waals surface area contributed by atoms with Crippen LogP contribution < -0.4 is 16.0 Å². The maximum absolute atomic E-state index is 12.4. The number of hydrogen-bond acceptors (Lipinski definition) is 7. The van der Waals surface area contributed by atoms with Crippen molar-refractivity contribution in [3.05, 3.63) is 23.4 Å². The zero-order chi connectivity index (χ0) is 23.2. The van der Waals surface area contributed by atoms with Crippen LogP contribution in [0.15, 0.2) is 18.3 Å². The zero-order valence-corrected chi connectivity index (χ0v) is 19.3. The summed E-state index contributed by atoms with van der Waals surface area (Å²) in [5.74, 6) is -0.265. The Morgan fingerprint density at radius 1 is 1.23 bits per heavy atom. The molecule has 1 aliphatic rings. The summed E-state index contributed by atoms with van der Waals surface area (Å²) in [4.78, 5) is 42.0. The van der Waals surface area contributed by atoms with Crippen molar-refractivity contribution >= 4 is 52.7 Å². The van der Waals surface area contributed by atoms with E-state index in [-0.39, 0.29) is 11.5 Å². The second kappa shape index (κ2) is 10.6. The summed E-state index contributed by atoms with van der Waals surface area (Å²) in [6.07, 6.45) is 0.666. The van der Waals surface area contributed by atoms with Crippen LogP contribution in [0.3, 0.4) is 0 Å². The largest absolute Gasteiger partial charge is 0.453 e. The maximum Gasteiger partial charge on any atom is 0.409 e. The number of aromatic nitrogens is 1. The van der Waals surface area contributed by atoms with Crippen LogP contribution in [0.2, 0.25) is 5.02 Å². The molecule has 1 saturated heterocycles. The normalized spacial score (nSPS) is 18.5. The standard InChI is InChI=1S/C19H26ClN5O5S/c1-19(2,3)30-17(27)23-13-10-25(18(28)29-4)8-7-12(13)22-16(31)15(26)24-14-6-5-11(20)9-21-14/h5-6,9,12-13H,7-8,10H2,1-4H3,(H,22,31)(H,23,27)(H,21,24,26). The molecule has 12 heteroatoms. The molecular formula is C19H26ClN5O5S. The molecule has 0 spiro atoms. The van der Waals surface area contributed by atoms with Crippen LogP contribution in [0.5, 0.6) is 0 Å². The Bertz CT molecular complexity index is 830. The van der Waals surface area contributed by atoms with E-state index >= 15 is 0 Å². The fourth-order valence-corrected chi connectivity index (χ4v) is 3.20. The summed E-state index contributed by atoms with van der Waals surface area (Å²) in [6, 6.07) is 2.15. The van der Waals surface area contributed by atoms with Gasteiger partial charge in [-0.2, -0.15) is 0 Å². The van der Waals surface area contributed by atoms with Gasteiger partial charge in [-0.15, -0.1) is 0 Å². The van der Waals surface area contributed by atoms with Crippen molar-refractivity contribution in [3.8, 4) is 0 Å². The number of pyridine rings is 1. The minimum atomic E-state index is -0.690. The Morgan fingerprint density at radius 3 is 2.52 bits per heavy atom. The van der Waals surface area contributed by atoms with Crippen molar-refractivity contribution in [2.24, 2.45) is 0 Å². The Hall–Kier alpha value is -2.66. The third kappa shape index (κ3) is 7.83. The van der Waals surface area contributed by atoms with E-state index in [0.29, 0.717) is 23.8 Å². The van der Waals surface area contributed by atoms with E-state index < -0.39 is 35.8 Å². The molecular weight excluding hydrogens is 446 g/mol. The zero-order valence-electron chi connectivity index (χ0n) is 17.7. The van der Waals surface area contributed by atoms with E-state index in [1.165, 1.54) is 18.2 Å².